The summed E-state index contributed by atoms with van der Waals surface area (Å²) < 4.78 is 4.54. The summed E-state index contributed by atoms with van der Waals surface area (Å²) in [5.74, 6) is 0. The molecule has 0 aliphatic carbocycles. The molecule has 0 spiro atoms. The third-order valence-electron chi connectivity index (χ3n) is 9.52. The van der Waals surface area contributed by atoms with Crippen LogP contribution in [-0.2, 0) is 0 Å². The molecule has 9 aromatic rings. The molecule has 0 bridgehead atoms. The number of aromatic amines is 1. The summed E-state index contributed by atoms with van der Waals surface area (Å²) >= 11 is 0. The first kappa shape index (κ1) is 28.1. The molecule has 3 aromatic carbocycles. The normalized spacial score (nSPS) is 11.8. The molecule has 0 fully saturated rings. The van der Waals surface area contributed by atoms with Crippen LogP contribution in [0.4, 0.5) is 0 Å². The van der Waals surface area contributed by atoms with Gasteiger partial charge in [0.15, 0.2) is 5.52 Å². The lowest BCUT2D eigenvalue weighted by Crippen LogP contribution is -2.09. The summed E-state index contributed by atoms with van der Waals surface area (Å²) in [4.78, 5) is 18.6. The molecule has 0 radical (unpaired) electrons. The molecule has 0 amide bonds. The number of aryl methyl sites for hydroxylation is 4. The van der Waals surface area contributed by atoms with Gasteiger partial charge >= 0.3 is 0 Å². The molecule has 6 aromatic heterocycles. The van der Waals surface area contributed by atoms with Gasteiger partial charge in [-0.15, -0.1) is 0 Å². The van der Waals surface area contributed by atoms with Crippen molar-refractivity contribution in [2.45, 2.75) is 27.7 Å². The van der Waals surface area contributed by atoms with Gasteiger partial charge in [-0.2, -0.15) is 0 Å². The van der Waals surface area contributed by atoms with Gasteiger partial charge in [0.25, 0.3) is 5.52 Å². The lowest BCUT2D eigenvalue weighted by molar-refractivity contribution is -0.329. The summed E-state index contributed by atoms with van der Waals surface area (Å²) in [7, 11) is 0. The Balaban J connectivity index is 1.16. The van der Waals surface area contributed by atoms with Crippen molar-refractivity contribution in [1.82, 2.24) is 24.1 Å². The summed E-state index contributed by atoms with van der Waals surface area (Å²) in [5.41, 5.74) is 19.3. The maximum atomic E-state index is 5.25. The van der Waals surface area contributed by atoms with Gasteiger partial charge in [0.2, 0.25) is 5.69 Å². The van der Waals surface area contributed by atoms with Gasteiger partial charge in [0.05, 0.1) is 22.2 Å². The highest BCUT2D eigenvalue weighted by atomic mass is 15.0. The van der Waals surface area contributed by atoms with Crippen LogP contribution in [0, 0.1) is 27.7 Å². The van der Waals surface area contributed by atoms with Crippen molar-refractivity contribution in [3.8, 4) is 33.9 Å². The highest BCUT2D eigenvalue weighted by Gasteiger charge is 2.22. The Bertz CT molecular complexity index is 2510. The average Bonchev–Trinajstić information content (AvgIpc) is 3.62. The first-order chi connectivity index (χ1) is 23.4. The van der Waals surface area contributed by atoms with E-state index in [4.69, 9.17) is 15.0 Å². The molecule has 6 nitrogen and oxygen atoms in total. The molecule has 0 saturated carbocycles. The van der Waals surface area contributed by atoms with Crippen LogP contribution < -0.4 is 4.98 Å². The molecule has 0 saturated heterocycles. The predicted octanol–water partition coefficient (Wildman–Crippen LogP) is 9.45. The monoisotopic (exact) mass is 621 g/mol. The number of nitrogens with zero attached hydrogens (tertiary/aromatic N) is 5. The Morgan fingerprint density at radius 2 is 1.04 bits per heavy atom. The zero-order chi connectivity index (χ0) is 32.5. The van der Waals surface area contributed by atoms with E-state index in [2.05, 4.69) is 139 Å². The van der Waals surface area contributed by atoms with Crippen molar-refractivity contribution in [2.75, 3.05) is 0 Å². The van der Waals surface area contributed by atoms with Gasteiger partial charge in [0.1, 0.15) is 16.6 Å². The van der Waals surface area contributed by atoms with Crippen LogP contribution in [0.3, 0.4) is 0 Å². The maximum Gasteiger partial charge on any atom is 0.256 e. The highest BCUT2D eigenvalue weighted by Crippen LogP contribution is 2.35. The lowest BCUT2D eigenvalue weighted by Gasteiger charge is -2.11. The van der Waals surface area contributed by atoms with E-state index in [1.54, 1.807) is 0 Å². The van der Waals surface area contributed by atoms with Gasteiger partial charge in [0, 0.05) is 41.0 Å². The summed E-state index contributed by atoms with van der Waals surface area (Å²) in [6, 6.07) is 38.7. The van der Waals surface area contributed by atoms with Gasteiger partial charge in [-0.05, 0) is 118 Å². The Morgan fingerprint density at radius 3 is 1.73 bits per heavy atom. The number of nitrogens with one attached hydrogen (secondary N) is 1. The standard InChI is InChI=1S/C42H32N6/c1-25-9-13-29(14-10-25)47-35-7-5-21-43-39(35)41-37(47)19-17-33(45-41)31-23-28(4)32(24-27(31)3)34-18-20-38-42(46-34)40-36(8-6-22-44-40)48(38)30-15-11-26(2)12-16-30/h5-24H,1-4H3/p+1. The molecule has 0 aliphatic rings. The maximum absolute atomic E-state index is 5.25. The molecule has 230 valence electrons. The molecule has 48 heavy (non-hydrogen) atoms. The molecule has 6 heterocycles. The quantitative estimate of drug-likeness (QED) is 0.197. The number of pyridine rings is 4. The van der Waals surface area contributed by atoms with Crippen LogP contribution in [-0.4, -0.2) is 24.1 Å². The van der Waals surface area contributed by atoms with Crippen LogP contribution in [0.5, 0.6) is 0 Å². The fourth-order valence-electron chi connectivity index (χ4n) is 7.08. The van der Waals surface area contributed by atoms with E-state index in [0.29, 0.717) is 0 Å². The minimum atomic E-state index is 0.904. The smallest absolute Gasteiger partial charge is 0.256 e. The van der Waals surface area contributed by atoms with E-state index >= 15 is 0 Å². The van der Waals surface area contributed by atoms with Crippen LogP contribution in [0.2, 0.25) is 0 Å². The summed E-state index contributed by atoms with van der Waals surface area (Å²) in [6.45, 7) is 8.57. The Kier molecular flexibility index (Phi) is 6.27. The minimum absolute atomic E-state index is 0.904. The van der Waals surface area contributed by atoms with Gasteiger partial charge < -0.3 is 9.13 Å². The third kappa shape index (κ3) is 4.33. The summed E-state index contributed by atoms with van der Waals surface area (Å²) in [5, 5.41) is 0. The van der Waals surface area contributed by atoms with Gasteiger partial charge in [-0.1, -0.05) is 35.4 Å². The summed E-state index contributed by atoms with van der Waals surface area (Å²) in [6.07, 6.45) is 3.71. The SMILES string of the molecule is Cc1ccc(-n2c3cccnc3c3nc(-c4cc(C)c(-c5ccc6c([nH+]5)c5ncccc5n6-c5ccc(C)cc5)cc4C)ccc32)cc1. The van der Waals surface area contributed by atoms with Gasteiger partial charge in [-0.25, -0.2) is 15.0 Å². The van der Waals surface area contributed by atoms with E-state index in [1.807, 2.05) is 24.5 Å². The molecule has 9 rings (SSSR count). The second-order valence-electron chi connectivity index (χ2n) is 12.8. The number of hydrogen-bond acceptors (Lipinski definition) is 3. The third-order valence-corrected chi connectivity index (χ3v) is 9.52. The topological polar surface area (TPSA) is 62.7 Å². The molecule has 6 heteroatoms. The van der Waals surface area contributed by atoms with Crippen molar-refractivity contribution in [3.63, 3.8) is 0 Å². The predicted molar refractivity (Wildman–Crippen MR) is 195 cm³/mol. The zero-order valence-electron chi connectivity index (χ0n) is 27.3. The number of H-pyrrole nitrogens is 1. The largest absolute Gasteiger partial charge is 0.306 e. The van der Waals surface area contributed by atoms with Crippen molar-refractivity contribution in [1.29, 1.82) is 0 Å². The Labute approximate surface area is 278 Å². The Morgan fingerprint density at radius 1 is 0.500 bits per heavy atom. The molecule has 1 N–H and O–H groups in total. The van der Waals surface area contributed by atoms with E-state index in [9.17, 15) is 0 Å². The van der Waals surface area contributed by atoms with Crippen LogP contribution in [0.1, 0.15) is 22.3 Å². The first-order valence-electron chi connectivity index (χ1n) is 16.3. The highest BCUT2D eigenvalue weighted by molar-refractivity contribution is 6.05. The number of fused-ring (bicyclic) bond motifs is 6. The lowest BCUT2D eigenvalue weighted by atomic mass is 9.95. The Hall–Kier alpha value is -6.14. The van der Waals surface area contributed by atoms with Gasteiger partial charge in [-0.3, -0.25) is 4.98 Å². The number of benzene rings is 3. The van der Waals surface area contributed by atoms with E-state index < -0.39 is 0 Å². The molecular formula is C42H33N6+. The van der Waals surface area contributed by atoms with E-state index in [0.717, 1.165) is 83.6 Å². The average molecular weight is 622 g/mol. The van der Waals surface area contributed by atoms with E-state index in [1.165, 1.54) is 16.7 Å². The molecule has 0 unspecified atom stereocenters. The van der Waals surface area contributed by atoms with Crippen LogP contribution >= 0.6 is 0 Å². The van der Waals surface area contributed by atoms with Crippen LogP contribution in [0.15, 0.2) is 122 Å². The fourth-order valence-corrected chi connectivity index (χ4v) is 7.08. The van der Waals surface area contributed by atoms with Crippen molar-refractivity contribution >= 4 is 44.1 Å². The second-order valence-corrected chi connectivity index (χ2v) is 12.8. The number of rotatable bonds is 4. The number of hydrogen-bond donors (Lipinski definition) is 0. The molecule has 0 aliphatic heterocycles. The van der Waals surface area contributed by atoms with E-state index in [-0.39, 0.29) is 0 Å². The van der Waals surface area contributed by atoms with Crippen molar-refractivity contribution < 1.29 is 4.98 Å². The minimum Gasteiger partial charge on any atom is -0.306 e. The van der Waals surface area contributed by atoms with Crippen molar-refractivity contribution in [3.05, 3.63) is 144 Å². The molecular weight excluding hydrogens is 589 g/mol. The first-order valence-corrected chi connectivity index (χ1v) is 16.3. The fraction of sp³-hybridized carbons (Fsp3) is 0.0952. The zero-order valence-corrected chi connectivity index (χ0v) is 27.3. The second kappa shape index (κ2) is 10.7. The number of aromatic nitrogens is 6. The van der Waals surface area contributed by atoms with Crippen molar-refractivity contribution in [2.24, 2.45) is 0 Å². The molecule has 0 atom stereocenters. The van der Waals surface area contributed by atoms with Crippen LogP contribution in [0.25, 0.3) is 78.0 Å².